The van der Waals surface area contributed by atoms with Crippen molar-refractivity contribution < 1.29 is 14.6 Å². The number of amides is 1. The first-order chi connectivity index (χ1) is 14.3. The molecule has 2 N–H and O–H groups in total. The van der Waals surface area contributed by atoms with E-state index in [1.54, 1.807) is 20.8 Å². The molecule has 0 saturated carbocycles. The van der Waals surface area contributed by atoms with Crippen LogP contribution in [-0.4, -0.2) is 35.0 Å². The maximum Gasteiger partial charge on any atom is 0.407 e. The summed E-state index contributed by atoms with van der Waals surface area (Å²) in [6.07, 6.45) is -0.364. The molecule has 0 aliphatic heterocycles. The molecule has 7 nitrogen and oxygen atoms in total. The van der Waals surface area contributed by atoms with Gasteiger partial charge in [-0.05, 0) is 56.7 Å². The fourth-order valence-corrected chi connectivity index (χ4v) is 3.18. The number of aliphatic hydroxyl groups is 1. The van der Waals surface area contributed by atoms with Gasteiger partial charge in [0.15, 0.2) is 0 Å². The zero-order chi connectivity index (χ0) is 22.0. The lowest BCUT2D eigenvalue weighted by Crippen LogP contribution is -2.47. The second-order valence-corrected chi connectivity index (χ2v) is 8.29. The van der Waals surface area contributed by atoms with Gasteiger partial charge < -0.3 is 15.2 Å². The quantitative estimate of drug-likeness (QED) is 0.352. The van der Waals surface area contributed by atoms with Crippen LogP contribution in [0, 0.1) is 0 Å². The molecule has 160 valence electrons. The van der Waals surface area contributed by atoms with Crippen LogP contribution in [0.25, 0.3) is 10.4 Å². The molecule has 0 aliphatic rings. The Morgan fingerprint density at radius 2 is 1.60 bits per heavy atom. The highest BCUT2D eigenvalue weighted by atomic mass is 16.6. The van der Waals surface area contributed by atoms with E-state index < -0.39 is 29.9 Å². The fraction of sp³-hybridized carbons (Fsp3) is 0.435. The normalized spacial score (nSPS) is 14.1. The van der Waals surface area contributed by atoms with Crippen LogP contribution in [0.15, 0.2) is 65.8 Å². The van der Waals surface area contributed by atoms with E-state index in [4.69, 9.17) is 10.3 Å². The molecule has 0 unspecified atom stereocenters. The molecule has 0 saturated heterocycles. The molecule has 0 aromatic heterocycles. The number of benzene rings is 2. The van der Waals surface area contributed by atoms with E-state index in [0.29, 0.717) is 12.8 Å². The van der Waals surface area contributed by atoms with E-state index in [0.717, 1.165) is 11.1 Å². The van der Waals surface area contributed by atoms with Gasteiger partial charge in [-0.1, -0.05) is 65.8 Å². The Morgan fingerprint density at radius 3 is 2.10 bits per heavy atom. The fourth-order valence-electron chi connectivity index (χ4n) is 3.18. The second-order valence-electron chi connectivity index (χ2n) is 8.29. The van der Waals surface area contributed by atoms with Gasteiger partial charge in [-0.2, -0.15) is 0 Å². The molecule has 0 bridgehead atoms. The Balaban J connectivity index is 2.13. The van der Waals surface area contributed by atoms with Crippen molar-refractivity contribution in [3.63, 3.8) is 0 Å². The number of azide groups is 1. The number of nitrogens with one attached hydrogen (secondary N) is 1. The van der Waals surface area contributed by atoms with Crippen molar-refractivity contribution in [1.82, 2.24) is 5.32 Å². The van der Waals surface area contributed by atoms with Crippen LogP contribution in [0.2, 0.25) is 0 Å². The van der Waals surface area contributed by atoms with Gasteiger partial charge in [-0.3, -0.25) is 0 Å². The number of aliphatic hydroxyl groups excluding tert-OH is 1. The lowest BCUT2D eigenvalue weighted by molar-refractivity contribution is 0.0405. The number of alkyl carbamates (subject to hydrolysis) is 1. The first kappa shape index (κ1) is 23.3. The molecule has 2 aromatic carbocycles. The summed E-state index contributed by atoms with van der Waals surface area (Å²) in [4.78, 5) is 15.3. The molecule has 0 fully saturated rings. The predicted molar refractivity (Wildman–Crippen MR) is 117 cm³/mol. The zero-order valence-electron chi connectivity index (χ0n) is 17.7. The van der Waals surface area contributed by atoms with E-state index in [-0.39, 0.29) is 6.42 Å². The van der Waals surface area contributed by atoms with Gasteiger partial charge in [0.05, 0.1) is 12.1 Å². The minimum absolute atomic E-state index is 0.215. The van der Waals surface area contributed by atoms with Crippen LogP contribution < -0.4 is 5.32 Å². The Morgan fingerprint density at radius 1 is 1.07 bits per heavy atom. The lowest BCUT2D eigenvalue weighted by atomic mass is 9.94. The first-order valence-corrected chi connectivity index (χ1v) is 10.1. The molecule has 7 heteroatoms. The molecule has 0 heterocycles. The van der Waals surface area contributed by atoms with Crippen LogP contribution >= 0.6 is 0 Å². The molecular weight excluding hydrogens is 380 g/mol. The number of ether oxygens (including phenoxy) is 1. The van der Waals surface area contributed by atoms with Crippen molar-refractivity contribution in [3.8, 4) is 0 Å². The number of hydrogen-bond acceptors (Lipinski definition) is 4. The van der Waals surface area contributed by atoms with Crippen molar-refractivity contribution in [2.45, 2.75) is 63.8 Å². The average Bonchev–Trinajstić information content (AvgIpc) is 2.68. The average molecular weight is 411 g/mol. The summed E-state index contributed by atoms with van der Waals surface area (Å²) in [5, 5.41) is 17.6. The molecule has 1 amide bonds. The largest absolute Gasteiger partial charge is 0.444 e. The second kappa shape index (κ2) is 11.2. The van der Waals surface area contributed by atoms with E-state index in [2.05, 4.69) is 15.3 Å². The van der Waals surface area contributed by atoms with Gasteiger partial charge in [0.2, 0.25) is 0 Å². The number of carbonyl (C=O) groups is 1. The number of hydrogen-bond donors (Lipinski definition) is 2. The summed E-state index contributed by atoms with van der Waals surface area (Å²) in [7, 11) is 0. The summed E-state index contributed by atoms with van der Waals surface area (Å²) < 4.78 is 5.36. The van der Waals surface area contributed by atoms with Gasteiger partial charge in [0.25, 0.3) is 0 Å². The van der Waals surface area contributed by atoms with E-state index in [1.807, 2.05) is 60.7 Å². The molecule has 3 atom stereocenters. The van der Waals surface area contributed by atoms with Crippen molar-refractivity contribution >= 4 is 6.09 Å². The monoisotopic (exact) mass is 410 g/mol. The number of rotatable bonds is 9. The minimum atomic E-state index is -0.920. The topological polar surface area (TPSA) is 107 Å². The van der Waals surface area contributed by atoms with Gasteiger partial charge in [-0.25, -0.2) is 4.79 Å². The van der Waals surface area contributed by atoms with Crippen LogP contribution in [-0.2, 0) is 17.6 Å². The number of nitrogens with zero attached hydrogens (tertiary/aromatic N) is 3. The van der Waals surface area contributed by atoms with Crippen LogP contribution in [0.3, 0.4) is 0 Å². The summed E-state index contributed by atoms with van der Waals surface area (Å²) in [6, 6.07) is 18.2. The Labute approximate surface area is 177 Å². The molecule has 2 rings (SSSR count). The Hall–Kier alpha value is -3.02. The van der Waals surface area contributed by atoms with Crippen LogP contribution in [0.1, 0.15) is 38.3 Å². The van der Waals surface area contributed by atoms with Crippen LogP contribution in [0.5, 0.6) is 0 Å². The highest BCUT2D eigenvalue weighted by Crippen LogP contribution is 2.17. The molecular formula is C23H30N4O3. The highest BCUT2D eigenvalue weighted by Gasteiger charge is 2.27. The third kappa shape index (κ3) is 8.55. The van der Waals surface area contributed by atoms with Gasteiger partial charge in [0, 0.05) is 11.0 Å². The van der Waals surface area contributed by atoms with E-state index in [9.17, 15) is 9.90 Å². The molecule has 0 aliphatic carbocycles. The highest BCUT2D eigenvalue weighted by molar-refractivity contribution is 5.68. The van der Waals surface area contributed by atoms with Crippen molar-refractivity contribution in [2.24, 2.45) is 5.11 Å². The van der Waals surface area contributed by atoms with Crippen molar-refractivity contribution in [2.75, 3.05) is 0 Å². The van der Waals surface area contributed by atoms with Gasteiger partial charge >= 0.3 is 6.09 Å². The summed E-state index contributed by atoms with van der Waals surface area (Å²) in [6.45, 7) is 5.35. The summed E-state index contributed by atoms with van der Waals surface area (Å²) in [5.41, 5.74) is 10.3. The van der Waals surface area contributed by atoms with Gasteiger partial charge in [-0.15, -0.1) is 0 Å². The number of carbonyl (C=O) groups excluding carboxylic acids is 1. The Bertz CT molecular complexity index is 831. The zero-order valence-corrected chi connectivity index (χ0v) is 17.7. The molecule has 30 heavy (non-hydrogen) atoms. The lowest BCUT2D eigenvalue weighted by Gasteiger charge is -2.28. The van der Waals surface area contributed by atoms with Crippen molar-refractivity contribution in [3.05, 3.63) is 82.2 Å². The predicted octanol–water partition coefficient (Wildman–Crippen LogP) is 4.80. The third-order valence-corrected chi connectivity index (χ3v) is 4.51. The summed E-state index contributed by atoms with van der Waals surface area (Å²) in [5.74, 6) is 0. The minimum Gasteiger partial charge on any atom is -0.444 e. The van der Waals surface area contributed by atoms with E-state index >= 15 is 0 Å². The van der Waals surface area contributed by atoms with Gasteiger partial charge in [0.1, 0.15) is 5.60 Å². The maximum atomic E-state index is 12.3. The maximum absolute atomic E-state index is 12.3. The molecule has 0 spiro atoms. The first-order valence-electron chi connectivity index (χ1n) is 10.1. The Kier molecular flexibility index (Phi) is 8.71. The standard InChI is InChI=1S/C23H30N4O3/c1-23(2,3)30-22(29)25-20(15-18-12-8-5-9-13-18)21(28)16-19(26-27-24)14-17-10-6-4-7-11-17/h4-13,19-21,28H,14-16H2,1-3H3,(H,25,29)/t19-,20-,21-/m0/s1. The SMILES string of the molecule is CC(C)(C)OC(=O)N[C@@H](Cc1ccccc1)[C@@H](O)C[C@H](Cc1ccccc1)N=[N+]=[N-]. The molecule has 2 aromatic rings. The summed E-state index contributed by atoms with van der Waals surface area (Å²) >= 11 is 0. The third-order valence-electron chi connectivity index (χ3n) is 4.51. The van der Waals surface area contributed by atoms with E-state index in [1.165, 1.54) is 0 Å². The smallest absolute Gasteiger partial charge is 0.407 e. The van der Waals surface area contributed by atoms with Crippen molar-refractivity contribution in [1.29, 1.82) is 0 Å². The van der Waals surface area contributed by atoms with Crippen LogP contribution in [0.4, 0.5) is 4.79 Å². The molecule has 0 radical (unpaired) electrons.